The molecule has 1 aromatic rings. The van der Waals surface area contributed by atoms with Crippen molar-refractivity contribution in [2.24, 2.45) is 0 Å². The first-order chi connectivity index (χ1) is 11.5. The topological polar surface area (TPSA) is 95.3 Å². The van der Waals surface area contributed by atoms with Crippen molar-refractivity contribution in [3.8, 4) is 6.07 Å². The Hall–Kier alpha value is -1.69. The Morgan fingerprint density at radius 2 is 2.25 bits per heavy atom. The molecule has 2 saturated heterocycles. The standard InChI is InChI=1S/C16H20N4O3S/c17-9-12-2-1-3-15(18-12)19-13-8-16(23-10-13)6-7-20(11-16)24(21,22)14-4-5-14/h1-3,13-14H,4-8,10-11H2,(H,18,19)/t13-,16+/m1/s1. The number of nitrogens with one attached hydrogen (secondary N) is 1. The van der Waals surface area contributed by atoms with E-state index in [0.29, 0.717) is 31.2 Å². The molecule has 3 aliphatic rings. The molecule has 8 heteroatoms. The van der Waals surface area contributed by atoms with Crippen LogP contribution in [0.15, 0.2) is 18.2 Å². The maximum Gasteiger partial charge on any atom is 0.217 e. The average Bonchev–Trinajstić information content (AvgIpc) is 3.26. The molecule has 3 heterocycles. The number of rotatable bonds is 4. The van der Waals surface area contributed by atoms with E-state index >= 15 is 0 Å². The number of nitriles is 1. The summed E-state index contributed by atoms with van der Waals surface area (Å²) >= 11 is 0. The average molecular weight is 348 g/mol. The summed E-state index contributed by atoms with van der Waals surface area (Å²) in [7, 11) is -3.13. The van der Waals surface area contributed by atoms with E-state index in [1.54, 1.807) is 16.4 Å². The second kappa shape index (κ2) is 5.69. The zero-order valence-corrected chi connectivity index (χ0v) is 14.1. The molecule has 4 rings (SSSR count). The predicted molar refractivity (Wildman–Crippen MR) is 87.8 cm³/mol. The van der Waals surface area contributed by atoms with Crippen LogP contribution in [0.4, 0.5) is 5.82 Å². The van der Waals surface area contributed by atoms with Crippen molar-refractivity contribution in [3.05, 3.63) is 23.9 Å². The summed E-state index contributed by atoms with van der Waals surface area (Å²) in [4.78, 5) is 4.22. The van der Waals surface area contributed by atoms with Crippen LogP contribution in [0, 0.1) is 11.3 Å². The second-order valence-electron chi connectivity index (χ2n) is 6.89. The summed E-state index contributed by atoms with van der Waals surface area (Å²) < 4.78 is 32.4. The lowest BCUT2D eigenvalue weighted by Crippen LogP contribution is -2.37. The first kappa shape index (κ1) is 15.8. The van der Waals surface area contributed by atoms with Gasteiger partial charge in [0.05, 0.1) is 23.5 Å². The number of pyridine rings is 1. The lowest BCUT2D eigenvalue weighted by atomic mass is 9.97. The lowest BCUT2D eigenvalue weighted by molar-refractivity contribution is 0.0173. The molecule has 24 heavy (non-hydrogen) atoms. The molecular formula is C16H20N4O3S. The molecule has 0 radical (unpaired) electrons. The zero-order chi connectivity index (χ0) is 16.8. The first-order valence-electron chi connectivity index (χ1n) is 8.27. The van der Waals surface area contributed by atoms with Gasteiger partial charge in [0.2, 0.25) is 10.0 Å². The van der Waals surface area contributed by atoms with Crippen LogP contribution in [0.1, 0.15) is 31.4 Å². The summed E-state index contributed by atoms with van der Waals surface area (Å²) in [5, 5.41) is 12.1. The van der Waals surface area contributed by atoms with Gasteiger partial charge in [-0.15, -0.1) is 0 Å². The van der Waals surface area contributed by atoms with Gasteiger partial charge in [-0.2, -0.15) is 9.57 Å². The molecular weight excluding hydrogens is 328 g/mol. The minimum absolute atomic E-state index is 0.0787. The van der Waals surface area contributed by atoms with Crippen LogP contribution in [0.25, 0.3) is 0 Å². The third-order valence-electron chi connectivity index (χ3n) is 5.01. The van der Waals surface area contributed by atoms with Crippen LogP contribution in [0.5, 0.6) is 0 Å². The predicted octanol–water partition coefficient (Wildman–Crippen LogP) is 1.09. The van der Waals surface area contributed by atoms with Crippen molar-refractivity contribution in [1.29, 1.82) is 5.26 Å². The lowest BCUT2D eigenvalue weighted by Gasteiger charge is -2.23. The normalized spacial score (nSPS) is 30.5. The Bertz CT molecular complexity index is 787. The maximum atomic E-state index is 12.4. The zero-order valence-electron chi connectivity index (χ0n) is 13.3. The highest BCUT2D eigenvalue weighted by molar-refractivity contribution is 7.90. The van der Waals surface area contributed by atoms with Crippen LogP contribution < -0.4 is 5.32 Å². The molecule has 128 valence electrons. The van der Waals surface area contributed by atoms with Crippen molar-refractivity contribution in [2.45, 2.75) is 42.6 Å². The van der Waals surface area contributed by atoms with Gasteiger partial charge in [-0.25, -0.2) is 13.4 Å². The van der Waals surface area contributed by atoms with Crippen molar-refractivity contribution < 1.29 is 13.2 Å². The van der Waals surface area contributed by atoms with E-state index in [-0.39, 0.29) is 16.9 Å². The molecule has 0 unspecified atom stereocenters. The van der Waals surface area contributed by atoms with E-state index in [9.17, 15) is 8.42 Å². The highest BCUT2D eigenvalue weighted by Crippen LogP contribution is 2.40. The Labute approximate surface area is 141 Å². The minimum atomic E-state index is -3.13. The summed E-state index contributed by atoms with van der Waals surface area (Å²) in [6, 6.07) is 7.38. The Morgan fingerprint density at radius 1 is 1.42 bits per heavy atom. The Balaban J connectivity index is 1.40. The molecule has 3 fully saturated rings. The van der Waals surface area contributed by atoms with Gasteiger partial charge in [0.15, 0.2) is 0 Å². The van der Waals surface area contributed by atoms with Crippen LogP contribution in [-0.2, 0) is 14.8 Å². The number of sulfonamides is 1. The van der Waals surface area contributed by atoms with E-state index in [4.69, 9.17) is 10.00 Å². The van der Waals surface area contributed by atoms with E-state index in [1.165, 1.54) is 0 Å². The molecule has 1 saturated carbocycles. The van der Waals surface area contributed by atoms with Gasteiger partial charge in [0.1, 0.15) is 17.6 Å². The van der Waals surface area contributed by atoms with Gasteiger partial charge in [0.25, 0.3) is 0 Å². The third kappa shape index (κ3) is 2.88. The molecule has 7 nitrogen and oxygen atoms in total. The van der Waals surface area contributed by atoms with E-state index in [0.717, 1.165) is 25.7 Å². The molecule has 0 aromatic carbocycles. The van der Waals surface area contributed by atoms with Crippen molar-refractivity contribution in [1.82, 2.24) is 9.29 Å². The van der Waals surface area contributed by atoms with E-state index < -0.39 is 10.0 Å². The monoisotopic (exact) mass is 348 g/mol. The third-order valence-corrected chi connectivity index (χ3v) is 7.36. The molecule has 2 atom stereocenters. The van der Waals surface area contributed by atoms with Gasteiger partial charge in [-0.05, 0) is 31.4 Å². The number of ether oxygens (including phenoxy) is 1. The Morgan fingerprint density at radius 3 is 3.00 bits per heavy atom. The van der Waals surface area contributed by atoms with Crippen LogP contribution in [-0.4, -0.2) is 54.3 Å². The van der Waals surface area contributed by atoms with Gasteiger partial charge >= 0.3 is 0 Å². The number of nitrogens with zero attached hydrogens (tertiary/aromatic N) is 3. The molecule has 1 spiro atoms. The van der Waals surface area contributed by atoms with Gasteiger partial charge in [-0.1, -0.05) is 6.07 Å². The molecule has 2 aliphatic heterocycles. The minimum Gasteiger partial charge on any atom is -0.371 e. The SMILES string of the molecule is N#Cc1cccc(N[C@H]2CO[C@@]3(CCN(S(=O)(=O)C4CC4)C3)C2)n1. The summed E-state index contributed by atoms with van der Waals surface area (Å²) in [6.45, 7) is 1.53. The number of aromatic nitrogens is 1. The molecule has 0 bridgehead atoms. The number of hydrogen-bond acceptors (Lipinski definition) is 6. The number of anilines is 1. The van der Waals surface area contributed by atoms with E-state index in [2.05, 4.69) is 10.3 Å². The van der Waals surface area contributed by atoms with Gasteiger partial charge in [0, 0.05) is 19.5 Å². The molecule has 0 amide bonds. The molecule has 1 aromatic heterocycles. The van der Waals surface area contributed by atoms with Crippen LogP contribution >= 0.6 is 0 Å². The quantitative estimate of drug-likeness (QED) is 0.875. The highest BCUT2D eigenvalue weighted by atomic mass is 32.2. The first-order valence-corrected chi connectivity index (χ1v) is 9.78. The summed E-state index contributed by atoms with van der Waals surface area (Å²) in [6.07, 6.45) is 3.07. The molecule has 1 aliphatic carbocycles. The second-order valence-corrected chi connectivity index (χ2v) is 9.10. The van der Waals surface area contributed by atoms with Gasteiger partial charge in [-0.3, -0.25) is 0 Å². The maximum absolute atomic E-state index is 12.4. The summed E-state index contributed by atoms with van der Waals surface area (Å²) in [5.74, 6) is 0.653. The fraction of sp³-hybridized carbons (Fsp3) is 0.625. The smallest absolute Gasteiger partial charge is 0.217 e. The van der Waals surface area contributed by atoms with Crippen LogP contribution in [0.2, 0.25) is 0 Å². The van der Waals surface area contributed by atoms with Gasteiger partial charge < -0.3 is 10.1 Å². The Kier molecular flexibility index (Phi) is 3.75. The van der Waals surface area contributed by atoms with E-state index in [1.807, 2.05) is 12.1 Å². The van der Waals surface area contributed by atoms with Crippen molar-refractivity contribution >= 4 is 15.8 Å². The number of hydrogen-bond donors (Lipinski definition) is 1. The summed E-state index contributed by atoms with van der Waals surface area (Å²) in [5.41, 5.74) is -0.0110. The fourth-order valence-electron chi connectivity index (χ4n) is 3.61. The van der Waals surface area contributed by atoms with Crippen molar-refractivity contribution in [2.75, 3.05) is 25.0 Å². The largest absolute Gasteiger partial charge is 0.371 e. The van der Waals surface area contributed by atoms with Crippen molar-refractivity contribution in [3.63, 3.8) is 0 Å². The highest BCUT2D eigenvalue weighted by Gasteiger charge is 2.51. The van der Waals surface area contributed by atoms with Crippen LogP contribution in [0.3, 0.4) is 0 Å². The fourth-order valence-corrected chi connectivity index (χ4v) is 5.52. The molecule has 1 N–H and O–H groups in total.